The summed E-state index contributed by atoms with van der Waals surface area (Å²) in [6.45, 7) is 6.75. The van der Waals surface area contributed by atoms with Gasteiger partial charge in [-0.05, 0) is 72.4 Å². The SMILES string of the molecule is CCOC(=O)/C=C(\Oc1ccc(C(C)(C)c2ccc(O/C(=C\C(=O)OCC)C(F)(F)Cl)cc2)cc1)C(F)(F)Cl. The van der Waals surface area contributed by atoms with Gasteiger partial charge in [0.15, 0.2) is 11.5 Å². The molecule has 0 aliphatic carbocycles. The second kappa shape index (κ2) is 13.2. The molecule has 12 heteroatoms. The van der Waals surface area contributed by atoms with Crippen LogP contribution in [0.3, 0.4) is 0 Å². The van der Waals surface area contributed by atoms with Crippen molar-refractivity contribution in [1.82, 2.24) is 0 Å². The van der Waals surface area contributed by atoms with E-state index in [9.17, 15) is 27.2 Å². The van der Waals surface area contributed by atoms with E-state index in [1.54, 1.807) is 24.3 Å². The third kappa shape index (κ3) is 9.47. The lowest BCUT2D eigenvalue weighted by atomic mass is 9.78. The summed E-state index contributed by atoms with van der Waals surface area (Å²) in [6.07, 6.45) is 0.955. The summed E-state index contributed by atoms with van der Waals surface area (Å²) in [5.74, 6) is -4.25. The standard InChI is InChI=1S/C27H26Cl2F4O6/c1-5-36-23(34)15-21(26(28,30)31)38-19-11-7-17(8-12-19)25(3,4)18-9-13-20(14-10-18)39-22(27(29,32)33)16-24(35)37-6-2/h7-16H,5-6H2,1-4H3/b21-15-,22-16-. The van der Waals surface area contributed by atoms with Crippen LogP contribution in [-0.2, 0) is 24.5 Å². The lowest BCUT2D eigenvalue weighted by Crippen LogP contribution is -2.20. The molecule has 0 radical (unpaired) electrons. The van der Waals surface area contributed by atoms with E-state index in [2.05, 4.69) is 9.47 Å². The predicted molar refractivity (Wildman–Crippen MR) is 137 cm³/mol. The van der Waals surface area contributed by atoms with Crippen LogP contribution in [0, 0.1) is 0 Å². The molecule has 0 N–H and O–H groups in total. The Morgan fingerprint density at radius 1 is 0.692 bits per heavy atom. The van der Waals surface area contributed by atoms with E-state index in [1.807, 2.05) is 13.8 Å². The van der Waals surface area contributed by atoms with Gasteiger partial charge in [0.1, 0.15) is 11.5 Å². The highest BCUT2D eigenvalue weighted by Gasteiger charge is 2.36. The highest BCUT2D eigenvalue weighted by molar-refractivity contribution is 6.23. The summed E-state index contributed by atoms with van der Waals surface area (Å²) in [7, 11) is 0. The van der Waals surface area contributed by atoms with Crippen LogP contribution in [0.4, 0.5) is 17.6 Å². The smallest absolute Gasteiger partial charge is 0.380 e. The monoisotopic (exact) mass is 592 g/mol. The zero-order valence-electron chi connectivity index (χ0n) is 21.4. The Morgan fingerprint density at radius 2 is 1.00 bits per heavy atom. The Kier molecular flexibility index (Phi) is 10.8. The molecule has 0 bridgehead atoms. The van der Waals surface area contributed by atoms with Crippen molar-refractivity contribution in [3.63, 3.8) is 0 Å². The third-order valence-corrected chi connectivity index (χ3v) is 5.61. The molecule has 0 atom stereocenters. The van der Waals surface area contributed by atoms with Crippen LogP contribution in [0.25, 0.3) is 0 Å². The molecule has 6 nitrogen and oxygen atoms in total. The largest absolute Gasteiger partial charge is 0.463 e. The van der Waals surface area contributed by atoms with Gasteiger partial charge >= 0.3 is 22.7 Å². The topological polar surface area (TPSA) is 71.1 Å². The first kappa shape index (κ1) is 32.0. The van der Waals surface area contributed by atoms with Crippen molar-refractivity contribution >= 4 is 35.1 Å². The van der Waals surface area contributed by atoms with Crippen LogP contribution >= 0.6 is 23.2 Å². The number of hydrogen-bond donors (Lipinski definition) is 0. The number of rotatable bonds is 12. The highest BCUT2D eigenvalue weighted by Crippen LogP contribution is 2.36. The fraction of sp³-hybridized carbons (Fsp3) is 0.333. The number of allylic oxidation sites excluding steroid dienone is 2. The maximum atomic E-state index is 13.7. The molecule has 0 saturated carbocycles. The Balaban J connectivity index is 2.24. The van der Waals surface area contributed by atoms with Crippen LogP contribution in [0.15, 0.2) is 72.2 Å². The average Bonchev–Trinajstić information content (AvgIpc) is 2.83. The quantitative estimate of drug-likeness (QED) is 0.0845. The molecule has 0 unspecified atom stereocenters. The fourth-order valence-electron chi connectivity index (χ4n) is 3.22. The molecule has 2 rings (SSSR count). The molecule has 2 aromatic rings. The van der Waals surface area contributed by atoms with Crippen LogP contribution in [0.5, 0.6) is 11.5 Å². The van der Waals surface area contributed by atoms with Gasteiger partial charge in [-0.2, -0.15) is 17.6 Å². The highest BCUT2D eigenvalue weighted by atomic mass is 35.5. The summed E-state index contributed by atoms with van der Waals surface area (Å²) in [5, 5.41) is -7.90. The molecule has 212 valence electrons. The van der Waals surface area contributed by atoms with Crippen molar-refractivity contribution in [1.29, 1.82) is 0 Å². The number of hydrogen-bond acceptors (Lipinski definition) is 6. The van der Waals surface area contributed by atoms with Gasteiger partial charge in [0.25, 0.3) is 0 Å². The van der Waals surface area contributed by atoms with Gasteiger partial charge in [0, 0.05) is 5.41 Å². The lowest BCUT2D eigenvalue weighted by molar-refractivity contribution is -0.138. The Hall–Kier alpha value is -3.24. The number of benzene rings is 2. The molecule has 0 aliphatic rings. The maximum Gasteiger partial charge on any atom is 0.380 e. The minimum absolute atomic E-state index is 0.00269. The number of alkyl halides is 6. The van der Waals surface area contributed by atoms with E-state index < -0.39 is 39.6 Å². The van der Waals surface area contributed by atoms with Crippen molar-refractivity contribution < 1.29 is 46.1 Å². The second-order valence-corrected chi connectivity index (χ2v) is 9.34. The number of halogens is 6. The molecule has 0 aromatic heterocycles. The van der Waals surface area contributed by atoms with E-state index in [-0.39, 0.29) is 24.7 Å². The van der Waals surface area contributed by atoms with E-state index in [1.165, 1.54) is 38.1 Å². The zero-order valence-corrected chi connectivity index (χ0v) is 22.9. The molecule has 0 heterocycles. The van der Waals surface area contributed by atoms with Crippen molar-refractivity contribution in [3.05, 3.63) is 83.3 Å². The van der Waals surface area contributed by atoms with Crippen LogP contribution in [0.1, 0.15) is 38.8 Å². The molecule has 2 aromatic carbocycles. The molecule has 0 fully saturated rings. The molecular formula is C27H26Cl2F4O6. The number of carbonyl (C=O) groups is 2. The first-order valence-corrected chi connectivity index (χ1v) is 12.3. The van der Waals surface area contributed by atoms with Crippen LogP contribution in [-0.4, -0.2) is 35.9 Å². The molecule has 39 heavy (non-hydrogen) atoms. The zero-order chi connectivity index (χ0) is 29.4. The molecular weight excluding hydrogens is 567 g/mol. The van der Waals surface area contributed by atoms with E-state index in [0.717, 1.165) is 11.1 Å². The average molecular weight is 593 g/mol. The summed E-state index contributed by atoms with van der Waals surface area (Å²) >= 11 is 10.1. The Labute approximate surface area is 233 Å². The predicted octanol–water partition coefficient (Wildman–Crippen LogP) is 7.33. The van der Waals surface area contributed by atoms with Crippen LogP contribution < -0.4 is 9.47 Å². The van der Waals surface area contributed by atoms with Crippen molar-refractivity contribution in [2.45, 2.75) is 43.9 Å². The number of carbonyl (C=O) groups excluding carboxylic acids is 2. The summed E-state index contributed by atoms with van der Waals surface area (Å²) in [4.78, 5) is 23.2. The lowest BCUT2D eigenvalue weighted by Gasteiger charge is -2.27. The summed E-state index contributed by atoms with van der Waals surface area (Å²) < 4.78 is 74.4. The third-order valence-electron chi connectivity index (χ3n) is 5.24. The van der Waals surface area contributed by atoms with Gasteiger partial charge in [0.05, 0.1) is 25.4 Å². The van der Waals surface area contributed by atoms with Gasteiger partial charge in [-0.25, -0.2) is 9.59 Å². The Bertz CT molecular complexity index is 1110. The van der Waals surface area contributed by atoms with Gasteiger partial charge in [-0.1, -0.05) is 38.1 Å². The fourth-order valence-corrected chi connectivity index (χ4v) is 3.41. The maximum absolute atomic E-state index is 13.7. The summed E-state index contributed by atoms with van der Waals surface area (Å²) in [6, 6.07) is 12.2. The van der Waals surface area contributed by atoms with Crippen molar-refractivity contribution in [3.8, 4) is 11.5 Å². The van der Waals surface area contributed by atoms with E-state index in [0.29, 0.717) is 12.2 Å². The van der Waals surface area contributed by atoms with Gasteiger partial charge in [-0.15, -0.1) is 0 Å². The minimum Gasteiger partial charge on any atom is -0.463 e. The minimum atomic E-state index is -3.95. The van der Waals surface area contributed by atoms with Crippen LogP contribution in [0.2, 0.25) is 0 Å². The van der Waals surface area contributed by atoms with Gasteiger partial charge < -0.3 is 18.9 Å². The van der Waals surface area contributed by atoms with Crippen molar-refractivity contribution in [2.75, 3.05) is 13.2 Å². The first-order valence-electron chi connectivity index (χ1n) is 11.6. The van der Waals surface area contributed by atoms with Gasteiger partial charge in [0.2, 0.25) is 0 Å². The first-order chi connectivity index (χ1) is 18.1. The Morgan fingerprint density at radius 3 is 1.26 bits per heavy atom. The normalized spacial score (nSPS) is 13.1. The van der Waals surface area contributed by atoms with E-state index >= 15 is 0 Å². The number of esters is 2. The molecule has 0 spiro atoms. The van der Waals surface area contributed by atoms with Gasteiger partial charge in [-0.3, -0.25) is 0 Å². The van der Waals surface area contributed by atoms with E-state index in [4.69, 9.17) is 32.7 Å². The summed E-state index contributed by atoms with van der Waals surface area (Å²) in [5.41, 5.74) is 0.844. The molecule has 0 amide bonds. The number of ether oxygens (including phenoxy) is 4. The van der Waals surface area contributed by atoms with Crippen molar-refractivity contribution in [2.24, 2.45) is 0 Å². The second-order valence-electron chi connectivity index (χ2n) is 8.39. The molecule has 0 saturated heterocycles. The molecule has 0 aliphatic heterocycles.